The predicted octanol–water partition coefficient (Wildman–Crippen LogP) is 5.66. The molecule has 13 N–H and O–H groups in total. The Labute approximate surface area is 608 Å². The Morgan fingerprint density at radius 3 is 1.62 bits per heavy atom. The van der Waals surface area contributed by atoms with Crippen molar-refractivity contribution in [2.24, 2.45) is 17.4 Å². The van der Waals surface area contributed by atoms with E-state index in [0.717, 1.165) is 63.6 Å². The maximum absolute atomic E-state index is 13.7. The molecule has 2 fully saturated rings. The topological polar surface area (TPSA) is 433 Å². The minimum atomic E-state index is -0.931. The van der Waals surface area contributed by atoms with Gasteiger partial charge in [-0.2, -0.15) is 0 Å². The number of aryl methyl sites for hydroxylation is 1. The van der Waals surface area contributed by atoms with Crippen LogP contribution in [0.25, 0.3) is 22.5 Å². The lowest BCUT2D eigenvalue weighted by Gasteiger charge is -2.30. The normalized spacial score (nSPS) is 14.0. The molecule has 30 nitrogen and oxygen atoms in total. The molecular formula is C75H90N18O12. The number of hydrogen-bond donors (Lipinski definition) is 9. The minimum Gasteiger partial charge on any atom is -0.461 e. The van der Waals surface area contributed by atoms with Crippen LogP contribution < -0.4 is 59.3 Å². The summed E-state index contributed by atoms with van der Waals surface area (Å²) < 4.78 is 16.4. The number of rotatable bonds is 33. The van der Waals surface area contributed by atoms with Crippen molar-refractivity contribution in [3.63, 3.8) is 0 Å². The van der Waals surface area contributed by atoms with Crippen LogP contribution in [-0.4, -0.2) is 172 Å². The number of Topliss-reactive ketones (excluding diaryl/α,β-unsaturated/α-hetero) is 1. The number of anilines is 6. The summed E-state index contributed by atoms with van der Waals surface area (Å²) in [5.41, 5.74) is 31.9. The van der Waals surface area contributed by atoms with Gasteiger partial charge in [0.15, 0.2) is 28.8 Å². The van der Waals surface area contributed by atoms with Gasteiger partial charge in [0.2, 0.25) is 11.8 Å². The van der Waals surface area contributed by atoms with Crippen LogP contribution in [0.15, 0.2) is 134 Å². The molecule has 3 aliphatic heterocycles. The van der Waals surface area contributed by atoms with Gasteiger partial charge >= 0.3 is 12.0 Å². The predicted molar refractivity (Wildman–Crippen MR) is 395 cm³/mol. The van der Waals surface area contributed by atoms with Crippen molar-refractivity contribution in [1.29, 1.82) is 0 Å². The Bertz CT molecular complexity index is 4170. The number of hydrogen-bond acceptors (Lipinski definition) is 23. The van der Waals surface area contributed by atoms with Gasteiger partial charge in [0.05, 0.1) is 91.4 Å². The Morgan fingerprint density at radius 2 is 1.10 bits per heavy atom. The fraction of sp³-hybridized carbons (Fsp3) is 0.373. The number of primary amides is 1. The number of carbonyl (C=O) groups excluding carboxylic acids is 9. The lowest BCUT2D eigenvalue weighted by atomic mass is 9.97. The van der Waals surface area contributed by atoms with Crippen molar-refractivity contribution < 1.29 is 57.4 Å². The van der Waals surface area contributed by atoms with Crippen LogP contribution in [-0.2, 0) is 68.8 Å². The quantitative estimate of drug-likeness (QED) is 0.0136. The number of esters is 1. The van der Waals surface area contributed by atoms with E-state index in [9.17, 15) is 43.2 Å². The van der Waals surface area contributed by atoms with Crippen molar-refractivity contribution in [2.45, 2.75) is 103 Å². The molecular weight excluding hydrogens is 1340 g/mol. The molecule has 0 spiro atoms. The van der Waals surface area contributed by atoms with E-state index in [4.69, 9.17) is 37.1 Å². The van der Waals surface area contributed by atoms with Crippen LogP contribution in [0.3, 0.4) is 0 Å². The summed E-state index contributed by atoms with van der Waals surface area (Å²) in [7, 11) is 0. The second-order valence-corrected chi connectivity index (χ2v) is 25.5. The minimum absolute atomic E-state index is 0.00880. The number of morpholine rings is 2. The molecule has 0 aliphatic carbocycles. The van der Waals surface area contributed by atoms with Crippen LogP contribution in [0.4, 0.5) is 39.2 Å². The number of aromatic nitrogens is 6. The Hall–Kier alpha value is -11.6. The van der Waals surface area contributed by atoms with Crippen molar-refractivity contribution in [3.8, 4) is 22.5 Å². The Morgan fingerprint density at radius 1 is 0.590 bits per heavy atom. The molecule has 0 saturated carbocycles. The van der Waals surface area contributed by atoms with Gasteiger partial charge in [0, 0.05) is 94.2 Å². The summed E-state index contributed by atoms with van der Waals surface area (Å²) in [6.45, 7) is 9.93. The summed E-state index contributed by atoms with van der Waals surface area (Å²) in [5, 5.41) is 13.9. The van der Waals surface area contributed by atoms with Gasteiger partial charge in [0.1, 0.15) is 12.6 Å². The largest absolute Gasteiger partial charge is 0.461 e. The molecule has 105 heavy (non-hydrogen) atoms. The van der Waals surface area contributed by atoms with E-state index >= 15 is 0 Å². The summed E-state index contributed by atoms with van der Waals surface area (Å²) in [4.78, 5) is 145. The molecule has 0 unspecified atom stereocenters. The average Bonchev–Trinajstić information content (AvgIpc) is 1.63. The lowest BCUT2D eigenvalue weighted by molar-refractivity contribution is -0.145. The molecule has 3 aromatic carbocycles. The van der Waals surface area contributed by atoms with Crippen molar-refractivity contribution >= 4 is 87.6 Å². The van der Waals surface area contributed by atoms with Gasteiger partial charge in [-0.1, -0.05) is 93.1 Å². The number of nitrogen functional groups attached to an aromatic ring is 2. The molecule has 552 valence electrons. The smallest absolute Gasteiger partial charge is 0.312 e. The molecule has 0 radical (unpaired) electrons. The average molecular weight is 1440 g/mol. The summed E-state index contributed by atoms with van der Waals surface area (Å²) in [6, 6.07) is 23.6. The first-order valence-corrected chi connectivity index (χ1v) is 35.0. The SMILES string of the molecule is CC(C)[C@H](NC(=O)CCCCCN1C(=O)C=CC1=O)C(=O)N[C@@H](CCCNC(N)=O)C(=O)Cc1ccc(COC(=O)CCCc2ccc(-c3cnc(N)c(C(=O)Nc4cnccc4N4CCOCC4)n3)cc2)cc1.NCCc1ccc(-c2cnc(N)c(C(=O)Nc3cnccc3N3CCOCC3)n2)cc1. The van der Waals surface area contributed by atoms with Crippen LogP contribution >= 0.6 is 0 Å². The first-order chi connectivity index (χ1) is 50.8. The molecule has 4 aromatic heterocycles. The number of urea groups is 1. The number of nitrogens with one attached hydrogen (secondary N) is 5. The van der Waals surface area contributed by atoms with Crippen molar-refractivity contribution in [3.05, 3.63) is 168 Å². The number of nitrogens with zero attached hydrogens (tertiary/aromatic N) is 9. The highest BCUT2D eigenvalue weighted by molar-refractivity contribution is 6.13. The fourth-order valence-corrected chi connectivity index (χ4v) is 11.8. The van der Waals surface area contributed by atoms with E-state index in [0.29, 0.717) is 113 Å². The Balaban J connectivity index is 0.000000340. The molecule has 7 heterocycles. The van der Waals surface area contributed by atoms with Crippen LogP contribution in [0.1, 0.15) is 108 Å². The number of pyridine rings is 2. The maximum Gasteiger partial charge on any atom is 0.312 e. The number of nitrogens with two attached hydrogens (primary N) is 4. The lowest BCUT2D eigenvalue weighted by Crippen LogP contribution is -2.54. The summed E-state index contributed by atoms with van der Waals surface area (Å²) in [5.74, 6) is -3.41. The third-order valence-corrected chi connectivity index (χ3v) is 17.5. The van der Waals surface area contributed by atoms with Crippen molar-refractivity contribution in [1.82, 2.24) is 50.8 Å². The van der Waals surface area contributed by atoms with E-state index in [1.54, 1.807) is 69.1 Å². The van der Waals surface area contributed by atoms with Gasteiger partial charge in [-0.15, -0.1) is 0 Å². The van der Waals surface area contributed by atoms with Crippen molar-refractivity contribution in [2.75, 3.05) is 104 Å². The van der Waals surface area contributed by atoms with E-state index < -0.39 is 35.8 Å². The number of amides is 8. The standard InChI is InChI=1S/C53H65N11O10.C22H25N7O2/c1-34(2)48(62-44(66)10-4-3-5-25-64-45(67)20-21-46(64)68)51(70)60-39(9-7-23-57-53(55)72)43(65)30-36-12-14-37(15-13-36)33-74-47(69)11-6-8-35-16-18-38(19-17-35)40-32-58-50(54)49(59-40)52(71)61-41-31-56-24-22-42(41)63-26-28-73-29-27-63;23-7-5-15-1-3-16(4-2-15)17-14-26-21(24)20(27-17)22(30)28-18-13-25-8-6-19(18)29-9-11-31-12-10-29/h12-22,24,31-32,34,39,48H,3-11,23,25-30,33H2,1-2H3,(H2,54,58)(H,60,70)(H,61,71)(H,62,66)(H3,55,57,72);1-4,6,8,13-14H,5,7,9-12,23H2,(H2,24,26)(H,28,30)/t39-,48-;/m0./s1. The van der Waals surface area contributed by atoms with Crippen LogP contribution in [0, 0.1) is 5.92 Å². The zero-order valence-electron chi connectivity index (χ0n) is 58.9. The molecule has 2 saturated heterocycles. The zero-order valence-corrected chi connectivity index (χ0v) is 58.9. The molecule has 0 bridgehead atoms. The molecule has 7 aromatic rings. The van der Waals surface area contributed by atoms with Gasteiger partial charge in [-0.05, 0) is 91.8 Å². The monoisotopic (exact) mass is 1430 g/mol. The van der Waals surface area contributed by atoms with Gasteiger partial charge in [0.25, 0.3) is 23.6 Å². The van der Waals surface area contributed by atoms with Gasteiger partial charge in [-0.3, -0.25) is 53.2 Å². The highest BCUT2D eigenvalue weighted by atomic mass is 16.5. The van der Waals surface area contributed by atoms with E-state index in [-0.39, 0.29) is 104 Å². The molecule has 3 aliphatic rings. The second kappa shape index (κ2) is 39.1. The molecule has 8 amide bonds. The number of ether oxygens (including phenoxy) is 3. The van der Waals surface area contributed by atoms with E-state index in [2.05, 4.69) is 66.3 Å². The highest BCUT2D eigenvalue weighted by Crippen LogP contribution is 2.30. The molecule has 10 rings (SSSR count). The third kappa shape index (κ3) is 23.2. The fourth-order valence-electron chi connectivity index (χ4n) is 11.8. The van der Waals surface area contributed by atoms with Gasteiger partial charge in [-0.25, -0.2) is 24.7 Å². The molecule has 2 atom stereocenters. The number of imide groups is 1. The Kier molecular flexibility index (Phi) is 28.9. The number of carbonyl (C=O) groups is 9. The summed E-state index contributed by atoms with van der Waals surface area (Å²) >= 11 is 0. The first kappa shape index (κ1) is 77.5. The van der Waals surface area contributed by atoms with E-state index in [1.165, 1.54) is 18.3 Å². The third-order valence-electron chi connectivity index (χ3n) is 17.5. The van der Waals surface area contributed by atoms with Gasteiger partial charge < -0.3 is 73.5 Å². The first-order valence-electron chi connectivity index (χ1n) is 35.0. The van der Waals surface area contributed by atoms with Crippen LogP contribution in [0.5, 0.6) is 0 Å². The number of ketones is 1. The number of unbranched alkanes of at least 4 members (excludes halogenated alkanes) is 2. The molecule has 30 heteroatoms. The van der Waals surface area contributed by atoms with Crippen LogP contribution in [0.2, 0.25) is 0 Å². The summed E-state index contributed by atoms with van der Waals surface area (Å²) in [6.07, 6.45) is 16.5. The highest BCUT2D eigenvalue weighted by Gasteiger charge is 2.30. The number of benzene rings is 3. The van der Waals surface area contributed by atoms with E-state index in [1.807, 2.05) is 60.7 Å². The maximum atomic E-state index is 13.7. The second-order valence-electron chi connectivity index (χ2n) is 25.5. The zero-order chi connectivity index (χ0) is 74.6.